The molecule has 0 aliphatic carbocycles. The maximum Gasteiger partial charge on any atom is 0.408 e. The first kappa shape index (κ1) is 30.3. The number of carbonyl (C=O) groups excluding carboxylic acids is 3. The lowest BCUT2D eigenvalue weighted by Crippen LogP contribution is -2.52. The van der Waals surface area contributed by atoms with Gasteiger partial charge >= 0.3 is 6.09 Å². The number of ether oxygens (including phenoxy) is 1. The molecule has 0 aliphatic rings. The lowest BCUT2D eigenvalue weighted by atomic mass is 9.97. The van der Waals surface area contributed by atoms with Crippen molar-refractivity contribution in [2.75, 3.05) is 6.54 Å². The summed E-state index contributed by atoms with van der Waals surface area (Å²) in [4.78, 5) is 40.8. The van der Waals surface area contributed by atoms with Gasteiger partial charge in [-0.2, -0.15) is 0 Å². The van der Waals surface area contributed by atoms with Crippen LogP contribution in [0.5, 0.6) is 5.75 Å². The Morgan fingerprint density at radius 3 is 2.26 bits per heavy atom. The van der Waals surface area contributed by atoms with Crippen molar-refractivity contribution in [3.8, 4) is 5.75 Å². The summed E-state index contributed by atoms with van der Waals surface area (Å²) in [5.41, 5.74) is -0.190. The third-order valence-electron chi connectivity index (χ3n) is 5.53. The molecule has 3 atom stereocenters. The lowest BCUT2D eigenvalue weighted by Gasteiger charge is -2.37. The van der Waals surface area contributed by atoms with Gasteiger partial charge in [0.1, 0.15) is 23.9 Å². The smallest absolute Gasteiger partial charge is 0.408 e. The summed E-state index contributed by atoms with van der Waals surface area (Å²) in [5, 5.41) is 15.7. The van der Waals surface area contributed by atoms with Crippen LogP contribution in [0, 0.1) is 5.92 Å². The van der Waals surface area contributed by atoms with E-state index in [9.17, 15) is 19.5 Å². The van der Waals surface area contributed by atoms with Gasteiger partial charge in [0.05, 0.1) is 0 Å². The average Bonchev–Trinajstić information content (AvgIpc) is 2.72. The molecule has 3 N–H and O–H groups in total. The van der Waals surface area contributed by atoms with Crippen molar-refractivity contribution in [2.24, 2.45) is 5.92 Å². The second-order valence-corrected chi connectivity index (χ2v) is 10.7. The molecule has 3 unspecified atom stereocenters. The number of hydrogen-bond acceptors (Lipinski definition) is 5. The highest BCUT2D eigenvalue weighted by Crippen LogP contribution is 2.28. The quantitative estimate of drug-likeness (QED) is 0.385. The number of aromatic hydroxyl groups is 1. The van der Waals surface area contributed by atoms with Crippen molar-refractivity contribution in [3.63, 3.8) is 0 Å². The molecule has 0 fully saturated rings. The molecule has 1 aromatic rings. The Kier molecular flexibility index (Phi) is 12.1. The van der Waals surface area contributed by atoms with Crippen molar-refractivity contribution in [1.29, 1.82) is 0 Å². The number of nitrogens with one attached hydrogen (secondary N) is 2. The molecule has 0 radical (unpaired) electrons. The van der Waals surface area contributed by atoms with Gasteiger partial charge in [0, 0.05) is 12.1 Å². The van der Waals surface area contributed by atoms with Gasteiger partial charge < -0.3 is 25.4 Å². The predicted octanol–water partition coefficient (Wildman–Crippen LogP) is 4.92. The van der Waals surface area contributed by atoms with Crippen LogP contribution in [-0.4, -0.2) is 52.1 Å². The van der Waals surface area contributed by atoms with Gasteiger partial charge in [0.25, 0.3) is 0 Å². The van der Waals surface area contributed by atoms with Crippen LogP contribution in [0.1, 0.15) is 92.7 Å². The molecular formula is C27H45N3O5. The van der Waals surface area contributed by atoms with Crippen molar-refractivity contribution in [1.82, 2.24) is 15.5 Å². The summed E-state index contributed by atoms with van der Waals surface area (Å²) >= 11 is 0. The van der Waals surface area contributed by atoms with Gasteiger partial charge in [0.15, 0.2) is 0 Å². The number of carbonyl (C=O) groups is 3. The summed E-state index contributed by atoms with van der Waals surface area (Å²) in [6.07, 6.45) is 2.56. The van der Waals surface area contributed by atoms with Crippen LogP contribution < -0.4 is 10.6 Å². The van der Waals surface area contributed by atoms with Gasteiger partial charge in [0.2, 0.25) is 11.8 Å². The second kappa shape index (κ2) is 14.0. The van der Waals surface area contributed by atoms with Crippen molar-refractivity contribution in [2.45, 2.75) is 105 Å². The molecule has 0 aliphatic heterocycles. The first-order valence-corrected chi connectivity index (χ1v) is 12.6. The van der Waals surface area contributed by atoms with Gasteiger partial charge in [-0.3, -0.25) is 9.59 Å². The van der Waals surface area contributed by atoms with E-state index in [4.69, 9.17) is 4.74 Å². The fourth-order valence-electron chi connectivity index (χ4n) is 3.87. The zero-order valence-corrected chi connectivity index (χ0v) is 22.7. The summed E-state index contributed by atoms with van der Waals surface area (Å²) < 4.78 is 5.26. The molecule has 8 nitrogen and oxygen atoms in total. The van der Waals surface area contributed by atoms with Crippen molar-refractivity contribution in [3.05, 3.63) is 29.8 Å². The molecule has 0 spiro atoms. The molecule has 35 heavy (non-hydrogen) atoms. The molecule has 0 bridgehead atoms. The monoisotopic (exact) mass is 491 g/mol. The van der Waals surface area contributed by atoms with Gasteiger partial charge in [-0.25, -0.2) is 4.79 Å². The highest BCUT2D eigenvalue weighted by Gasteiger charge is 2.35. The lowest BCUT2D eigenvalue weighted by molar-refractivity contribution is -0.143. The minimum absolute atomic E-state index is 0.0102. The number of alkyl carbamates (subject to hydrolysis) is 1. The number of benzene rings is 1. The normalized spacial score (nSPS) is 14.1. The highest BCUT2D eigenvalue weighted by atomic mass is 16.6. The van der Waals surface area contributed by atoms with E-state index in [0.29, 0.717) is 17.9 Å². The molecule has 1 rings (SSSR count). The molecule has 1 aromatic carbocycles. The molecule has 0 aromatic heterocycles. The molecule has 0 saturated heterocycles. The third kappa shape index (κ3) is 11.0. The fourth-order valence-corrected chi connectivity index (χ4v) is 3.87. The maximum absolute atomic E-state index is 13.6. The molecule has 198 valence electrons. The molecular weight excluding hydrogens is 446 g/mol. The number of rotatable bonds is 12. The number of hydrogen-bond donors (Lipinski definition) is 3. The minimum Gasteiger partial charge on any atom is -0.508 e. The zero-order valence-electron chi connectivity index (χ0n) is 22.7. The summed E-state index contributed by atoms with van der Waals surface area (Å²) in [7, 11) is 0. The Hall–Kier alpha value is -2.77. The van der Waals surface area contributed by atoms with Crippen molar-refractivity contribution >= 4 is 17.9 Å². The van der Waals surface area contributed by atoms with Crippen LogP contribution in [0.25, 0.3) is 0 Å². The van der Waals surface area contributed by atoms with Crippen LogP contribution in [-0.2, 0) is 14.3 Å². The summed E-state index contributed by atoms with van der Waals surface area (Å²) in [6, 6.07) is 5.09. The molecule has 0 saturated carbocycles. The molecule has 0 heterocycles. The first-order valence-electron chi connectivity index (χ1n) is 12.6. The number of phenols is 1. The zero-order chi connectivity index (χ0) is 26.8. The van der Waals surface area contributed by atoms with E-state index in [2.05, 4.69) is 24.5 Å². The Morgan fingerprint density at radius 2 is 1.71 bits per heavy atom. The largest absolute Gasteiger partial charge is 0.508 e. The topological polar surface area (TPSA) is 108 Å². The average molecular weight is 492 g/mol. The highest BCUT2D eigenvalue weighted by molar-refractivity contribution is 5.90. The molecule has 3 amide bonds. The predicted molar refractivity (Wildman–Crippen MR) is 138 cm³/mol. The Labute approximate surface area is 210 Å². The van der Waals surface area contributed by atoms with E-state index in [1.165, 1.54) is 17.0 Å². The van der Waals surface area contributed by atoms with Crippen LogP contribution >= 0.6 is 0 Å². The summed E-state index contributed by atoms with van der Waals surface area (Å²) in [5.74, 6) is -0.291. The van der Waals surface area contributed by atoms with Gasteiger partial charge in [-0.1, -0.05) is 39.3 Å². The van der Waals surface area contributed by atoms with E-state index in [-0.39, 0.29) is 30.3 Å². The van der Waals surface area contributed by atoms with E-state index in [1.54, 1.807) is 32.9 Å². The second-order valence-electron chi connectivity index (χ2n) is 10.7. The van der Waals surface area contributed by atoms with E-state index in [0.717, 1.165) is 19.3 Å². The van der Waals surface area contributed by atoms with Gasteiger partial charge in [-0.05, 0) is 77.5 Å². The van der Waals surface area contributed by atoms with E-state index in [1.807, 2.05) is 20.8 Å². The third-order valence-corrected chi connectivity index (χ3v) is 5.53. The maximum atomic E-state index is 13.6. The first-order chi connectivity index (χ1) is 16.2. The fraction of sp³-hybridized carbons (Fsp3) is 0.667. The Balaban J connectivity index is 3.34. The SMILES string of the molecule is CCCC(C)NC(=O)C(c1cccc(O)c1)N(C(=O)CNC(=O)OC(C)(C)C)C(C)CCC(C)C. The van der Waals surface area contributed by atoms with Crippen LogP contribution in [0.4, 0.5) is 4.79 Å². The molecule has 8 heteroatoms. The number of amides is 3. The minimum atomic E-state index is -0.962. The Bertz CT molecular complexity index is 834. The standard InChI is InChI=1S/C27H45N3O5/c1-9-11-19(4)29-25(33)24(21-12-10-13-22(31)16-21)30(20(5)15-14-18(2)3)23(32)17-28-26(34)35-27(6,7)8/h10,12-13,16,18-20,24,31H,9,11,14-15,17H2,1-8H3,(H,28,34)(H,29,33). The van der Waals surface area contributed by atoms with Crippen molar-refractivity contribution < 1.29 is 24.2 Å². The number of phenolic OH excluding ortho intramolecular Hbond substituents is 1. The van der Waals surface area contributed by atoms with E-state index < -0.39 is 23.6 Å². The number of nitrogens with zero attached hydrogens (tertiary/aromatic N) is 1. The van der Waals surface area contributed by atoms with Crippen LogP contribution in [0.3, 0.4) is 0 Å². The Morgan fingerprint density at radius 1 is 1.06 bits per heavy atom. The van der Waals surface area contributed by atoms with E-state index >= 15 is 0 Å². The van der Waals surface area contributed by atoms with Crippen LogP contribution in [0.2, 0.25) is 0 Å². The summed E-state index contributed by atoms with van der Waals surface area (Å²) in [6.45, 7) is 15.0. The van der Waals surface area contributed by atoms with Gasteiger partial charge in [-0.15, -0.1) is 0 Å². The van der Waals surface area contributed by atoms with Crippen LogP contribution in [0.15, 0.2) is 24.3 Å².